The van der Waals surface area contributed by atoms with Gasteiger partial charge in [0.15, 0.2) is 0 Å². The minimum Gasteiger partial charge on any atom is -0.358 e. The van der Waals surface area contributed by atoms with Gasteiger partial charge in [0.2, 0.25) is 5.91 Å². The maximum absolute atomic E-state index is 12.8. The van der Waals surface area contributed by atoms with Crippen LogP contribution < -0.4 is 5.32 Å². The molecule has 0 aromatic heterocycles. The highest BCUT2D eigenvalue weighted by atomic mass is 35.5. The zero-order valence-corrected chi connectivity index (χ0v) is 16.5. The van der Waals surface area contributed by atoms with Gasteiger partial charge < -0.3 is 10.1 Å². The van der Waals surface area contributed by atoms with E-state index in [-0.39, 0.29) is 18.1 Å². The normalized spacial score (nSPS) is 21.9. The van der Waals surface area contributed by atoms with E-state index in [4.69, 9.17) is 27.9 Å². The van der Waals surface area contributed by atoms with Crippen LogP contribution >= 0.6 is 23.2 Å². The molecule has 1 saturated heterocycles. The van der Waals surface area contributed by atoms with E-state index in [1.165, 1.54) is 0 Å². The molecular weight excluding hydrogens is 393 g/mol. The summed E-state index contributed by atoms with van der Waals surface area (Å²) in [5.41, 5.74) is 2.96. The average molecular weight is 412 g/mol. The van der Waals surface area contributed by atoms with Crippen LogP contribution in [-0.2, 0) is 16.0 Å². The smallest absolute Gasteiger partial charge is 0.250 e. The van der Waals surface area contributed by atoms with Crippen molar-refractivity contribution in [3.63, 3.8) is 0 Å². The highest BCUT2D eigenvalue weighted by Gasteiger charge is 2.38. The Morgan fingerprint density at radius 3 is 1.96 bits per heavy atom. The van der Waals surface area contributed by atoms with Crippen LogP contribution in [0.4, 0.5) is 0 Å². The van der Waals surface area contributed by atoms with Crippen molar-refractivity contribution in [2.24, 2.45) is 0 Å². The van der Waals surface area contributed by atoms with Crippen LogP contribution in [0.3, 0.4) is 0 Å². The average Bonchev–Trinajstić information content (AvgIpc) is 2.71. The molecule has 142 valence electrons. The summed E-state index contributed by atoms with van der Waals surface area (Å²) in [6.07, 6.45) is -0.374. The van der Waals surface area contributed by atoms with E-state index in [9.17, 15) is 4.79 Å². The first-order chi connectivity index (χ1) is 13.6. The SMILES string of the molecule is O=C1N[C@H](c2ccc(Cl)cc2)[C@H](c2ccc(Cl)cc2)O[C@H]1Cc1ccccc1. The fourth-order valence-corrected chi connectivity index (χ4v) is 3.71. The third-order valence-corrected chi connectivity index (χ3v) is 5.40. The van der Waals surface area contributed by atoms with Crippen molar-refractivity contribution >= 4 is 29.1 Å². The lowest BCUT2D eigenvalue weighted by Crippen LogP contribution is -2.48. The van der Waals surface area contributed by atoms with Crippen molar-refractivity contribution in [2.75, 3.05) is 0 Å². The molecule has 28 heavy (non-hydrogen) atoms. The molecule has 0 aliphatic carbocycles. The van der Waals surface area contributed by atoms with Crippen LogP contribution in [0, 0.1) is 0 Å². The van der Waals surface area contributed by atoms with Crippen molar-refractivity contribution in [3.8, 4) is 0 Å². The molecule has 1 fully saturated rings. The van der Waals surface area contributed by atoms with Gasteiger partial charge in [-0.2, -0.15) is 0 Å². The molecule has 0 radical (unpaired) electrons. The topological polar surface area (TPSA) is 38.3 Å². The predicted octanol–water partition coefficient (Wildman–Crippen LogP) is 5.53. The molecule has 3 aromatic rings. The number of rotatable bonds is 4. The maximum atomic E-state index is 12.8. The minimum absolute atomic E-state index is 0.117. The van der Waals surface area contributed by atoms with Crippen molar-refractivity contribution in [3.05, 3.63) is 106 Å². The largest absolute Gasteiger partial charge is 0.358 e. The quantitative estimate of drug-likeness (QED) is 0.612. The molecule has 5 heteroatoms. The van der Waals surface area contributed by atoms with Gasteiger partial charge in [0.25, 0.3) is 0 Å². The van der Waals surface area contributed by atoms with Crippen LogP contribution in [-0.4, -0.2) is 12.0 Å². The third kappa shape index (κ3) is 4.22. The van der Waals surface area contributed by atoms with E-state index in [1.54, 1.807) is 0 Å². The zero-order valence-electron chi connectivity index (χ0n) is 15.0. The van der Waals surface area contributed by atoms with Gasteiger partial charge in [-0.15, -0.1) is 0 Å². The van der Waals surface area contributed by atoms with E-state index >= 15 is 0 Å². The Hall–Kier alpha value is -2.33. The second-order valence-corrected chi connectivity index (χ2v) is 7.70. The number of amides is 1. The molecule has 3 nitrogen and oxygen atoms in total. The number of carbonyl (C=O) groups excluding carboxylic acids is 1. The summed E-state index contributed by atoms with van der Waals surface area (Å²) in [5.74, 6) is -0.117. The molecule has 0 saturated carbocycles. The lowest BCUT2D eigenvalue weighted by Gasteiger charge is -2.37. The van der Waals surface area contributed by atoms with E-state index in [0.29, 0.717) is 16.5 Å². The van der Waals surface area contributed by atoms with E-state index in [0.717, 1.165) is 16.7 Å². The Labute approximate surface area is 174 Å². The fourth-order valence-electron chi connectivity index (χ4n) is 3.46. The second kappa shape index (κ2) is 8.36. The first-order valence-electron chi connectivity index (χ1n) is 9.11. The molecular formula is C23H19Cl2NO2. The Morgan fingerprint density at radius 1 is 0.786 bits per heavy atom. The molecule has 4 rings (SSSR count). The molecule has 0 bridgehead atoms. The van der Waals surface area contributed by atoms with Gasteiger partial charge in [0.05, 0.1) is 6.04 Å². The van der Waals surface area contributed by atoms with Crippen molar-refractivity contribution in [2.45, 2.75) is 24.7 Å². The molecule has 1 aliphatic rings. The predicted molar refractivity (Wildman–Crippen MR) is 112 cm³/mol. The monoisotopic (exact) mass is 411 g/mol. The lowest BCUT2D eigenvalue weighted by molar-refractivity contribution is -0.150. The molecule has 3 atom stereocenters. The number of nitrogens with one attached hydrogen (secondary N) is 1. The summed E-state index contributed by atoms with van der Waals surface area (Å²) >= 11 is 12.1. The lowest BCUT2D eigenvalue weighted by atomic mass is 9.92. The number of halogens is 2. The molecule has 0 unspecified atom stereocenters. The minimum atomic E-state index is -0.563. The third-order valence-electron chi connectivity index (χ3n) is 4.90. The van der Waals surface area contributed by atoms with Gasteiger partial charge >= 0.3 is 0 Å². The number of benzene rings is 3. The highest BCUT2D eigenvalue weighted by Crippen LogP contribution is 2.37. The summed E-state index contributed by atoms with van der Waals surface area (Å²) in [6.45, 7) is 0. The van der Waals surface area contributed by atoms with Gasteiger partial charge in [-0.25, -0.2) is 0 Å². The molecule has 1 N–H and O–H groups in total. The van der Waals surface area contributed by atoms with Crippen LogP contribution in [0.15, 0.2) is 78.9 Å². The Balaban J connectivity index is 1.65. The number of hydrogen-bond acceptors (Lipinski definition) is 2. The first kappa shape index (κ1) is 19.0. The standard InChI is InChI=1S/C23H19Cl2NO2/c24-18-10-6-16(7-11-18)21-22(17-8-12-19(25)13-9-17)28-20(23(27)26-21)14-15-4-2-1-3-5-15/h1-13,20-22H,14H2,(H,26,27)/t20-,21+,22-/m0/s1. The Bertz CT molecular complexity index is 943. The van der Waals surface area contributed by atoms with Crippen LogP contribution in [0.2, 0.25) is 10.0 Å². The van der Waals surface area contributed by atoms with Gasteiger partial charge in [-0.1, -0.05) is 77.8 Å². The maximum Gasteiger partial charge on any atom is 0.250 e. The van der Waals surface area contributed by atoms with Crippen LogP contribution in [0.25, 0.3) is 0 Å². The summed E-state index contributed by atoms with van der Waals surface area (Å²) in [5, 5.41) is 4.46. The summed E-state index contributed by atoms with van der Waals surface area (Å²) in [4.78, 5) is 12.8. The Morgan fingerprint density at radius 2 is 1.36 bits per heavy atom. The molecule has 3 aromatic carbocycles. The summed E-state index contributed by atoms with van der Waals surface area (Å²) < 4.78 is 6.34. The number of carbonyl (C=O) groups is 1. The van der Waals surface area contributed by atoms with Crippen LogP contribution in [0.5, 0.6) is 0 Å². The van der Waals surface area contributed by atoms with Gasteiger partial charge in [-0.05, 0) is 41.0 Å². The van der Waals surface area contributed by atoms with Crippen molar-refractivity contribution in [1.29, 1.82) is 0 Å². The molecule has 1 amide bonds. The van der Waals surface area contributed by atoms with Crippen molar-refractivity contribution < 1.29 is 9.53 Å². The molecule has 1 heterocycles. The van der Waals surface area contributed by atoms with E-state index in [2.05, 4.69) is 5.32 Å². The summed E-state index contributed by atoms with van der Waals surface area (Å²) in [7, 11) is 0. The van der Waals surface area contributed by atoms with Gasteiger partial charge in [0, 0.05) is 16.5 Å². The molecule has 1 aliphatic heterocycles. The second-order valence-electron chi connectivity index (χ2n) is 6.82. The van der Waals surface area contributed by atoms with Gasteiger partial charge in [0.1, 0.15) is 12.2 Å². The first-order valence-corrected chi connectivity index (χ1v) is 9.86. The number of morpholine rings is 1. The number of ether oxygens (including phenoxy) is 1. The van der Waals surface area contributed by atoms with E-state index < -0.39 is 6.10 Å². The Kier molecular flexibility index (Phi) is 5.67. The van der Waals surface area contributed by atoms with Crippen LogP contribution in [0.1, 0.15) is 28.8 Å². The van der Waals surface area contributed by atoms with E-state index in [1.807, 2.05) is 78.9 Å². The zero-order chi connectivity index (χ0) is 19.5. The van der Waals surface area contributed by atoms with Gasteiger partial charge in [-0.3, -0.25) is 4.79 Å². The fraction of sp³-hybridized carbons (Fsp3) is 0.174. The molecule has 0 spiro atoms. The number of hydrogen-bond donors (Lipinski definition) is 1. The highest BCUT2D eigenvalue weighted by molar-refractivity contribution is 6.30. The summed E-state index contributed by atoms with van der Waals surface area (Å²) in [6, 6.07) is 24.6. The van der Waals surface area contributed by atoms with Crippen molar-refractivity contribution in [1.82, 2.24) is 5.32 Å².